The molecule has 16 atom stereocenters. The molecule has 22 heteroatoms. The van der Waals surface area contributed by atoms with Gasteiger partial charge in [0.05, 0.1) is 32.5 Å². The van der Waals surface area contributed by atoms with Crippen LogP contribution in [0.2, 0.25) is 0 Å². The summed E-state index contributed by atoms with van der Waals surface area (Å²) in [6.07, 6.45) is -21.9. The molecule has 3 aliphatic heterocycles. The van der Waals surface area contributed by atoms with Gasteiger partial charge in [0.1, 0.15) is 79.0 Å². The second kappa shape index (κ2) is 24.2. The molecule has 0 aromatic carbocycles. The standard InChI is InChI=1S/C34H61N3O19/c1-36-17(9-4-5-11-35)31(50)37-21(41)10-3-2-7-16(40)8-6-12-51-33-29(49)30(56-34-28(48)26(46)23(43)19(14-39)54-34)24(44)20(55-33)15-52-32-27(47)25(45)22(42)18(13-38)53-32/h17-20,22-30,32-34,36,38-39,42-49H,2-15,35H2,1H3,(H,37,41,50)/t17-,18+,19+,20+,22+,23+,24+,25-,26-,27-,28-,29-,30-,32-,33-,34+/m0/s1. The van der Waals surface area contributed by atoms with Crippen molar-refractivity contribution in [2.75, 3.05) is 40.0 Å². The fourth-order valence-corrected chi connectivity index (χ4v) is 6.46. The molecule has 2 amide bonds. The van der Waals surface area contributed by atoms with Gasteiger partial charge in [-0.2, -0.15) is 0 Å². The molecule has 3 rings (SSSR count). The van der Waals surface area contributed by atoms with Crippen LogP contribution in [0.3, 0.4) is 0 Å². The number of hydrogen-bond acceptors (Lipinski definition) is 21. The fourth-order valence-electron chi connectivity index (χ4n) is 6.46. The highest BCUT2D eigenvalue weighted by molar-refractivity contribution is 5.97. The predicted octanol–water partition coefficient (Wildman–Crippen LogP) is -6.28. The van der Waals surface area contributed by atoms with Gasteiger partial charge in [-0.05, 0) is 45.7 Å². The molecule has 0 aliphatic carbocycles. The van der Waals surface area contributed by atoms with Crippen molar-refractivity contribution in [1.82, 2.24) is 10.6 Å². The number of ketones is 1. The van der Waals surface area contributed by atoms with Gasteiger partial charge in [0.25, 0.3) is 0 Å². The summed E-state index contributed by atoms with van der Waals surface area (Å²) in [5.74, 6) is -1.02. The molecule has 14 N–H and O–H groups in total. The van der Waals surface area contributed by atoms with Gasteiger partial charge in [0.2, 0.25) is 11.8 Å². The Morgan fingerprint density at radius 3 is 1.80 bits per heavy atom. The van der Waals surface area contributed by atoms with Crippen LogP contribution in [0.15, 0.2) is 0 Å². The Bertz CT molecular complexity index is 1190. The summed E-state index contributed by atoms with van der Waals surface area (Å²) in [6, 6.07) is -0.518. The van der Waals surface area contributed by atoms with Crippen LogP contribution in [0.1, 0.15) is 57.8 Å². The lowest BCUT2D eigenvalue weighted by molar-refractivity contribution is -0.366. The number of unbranched alkanes of at least 4 members (excludes halogenated alkanes) is 2. The molecule has 56 heavy (non-hydrogen) atoms. The molecule has 0 radical (unpaired) electrons. The van der Waals surface area contributed by atoms with E-state index in [4.69, 9.17) is 34.2 Å². The predicted molar refractivity (Wildman–Crippen MR) is 187 cm³/mol. The monoisotopic (exact) mass is 815 g/mol. The molecule has 0 unspecified atom stereocenters. The number of aliphatic hydroxyl groups excluding tert-OH is 10. The Labute approximate surface area is 323 Å². The minimum atomic E-state index is -1.90. The van der Waals surface area contributed by atoms with Crippen LogP contribution >= 0.6 is 0 Å². The number of nitrogens with two attached hydrogens (primary N) is 1. The highest BCUT2D eigenvalue weighted by Crippen LogP contribution is 2.31. The maximum Gasteiger partial charge on any atom is 0.243 e. The zero-order valence-electron chi connectivity index (χ0n) is 31.4. The fraction of sp³-hybridized carbons (Fsp3) is 0.912. The number of ether oxygens (including phenoxy) is 6. The number of amides is 2. The highest BCUT2D eigenvalue weighted by atomic mass is 16.7. The lowest BCUT2D eigenvalue weighted by Crippen LogP contribution is -2.65. The first-order valence-corrected chi connectivity index (χ1v) is 18.9. The summed E-state index contributed by atoms with van der Waals surface area (Å²) in [6.45, 7) is -1.79. The van der Waals surface area contributed by atoms with Crippen molar-refractivity contribution in [3.8, 4) is 0 Å². The Morgan fingerprint density at radius 1 is 0.643 bits per heavy atom. The Kier molecular flexibility index (Phi) is 21.0. The second-order valence-electron chi connectivity index (χ2n) is 14.1. The molecule has 0 bridgehead atoms. The Hall–Kier alpha value is -1.91. The summed E-state index contributed by atoms with van der Waals surface area (Å²) >= 11 is 0. The van der Waals surface area contributed by atoms with Crippen LogP contribution in [0.4, 0.5) is 0 Å². The van der Waals surface area contributed by atoms with E-state index < -0.39 is 130 Å². The number of nitrogens with one attached hydrogen (secondary N) is 2. The molecule has 3 fully saturated rings. The molecular weight excluding hydrogens is 754 g/mol. The third-order valence-corrected chi connectivity index (χ3v) is 9.92. The lowest BCUT2D eigenvalue weighted by Gasteiger charge is -2.46. The van der Waals surface area contributed by atoms with Crippen LogP contribution < -0.4 is 16.4 Å². The SMILES string of the molecule is CN[C@@H](CCCCN)C(=O)NC(=O)CCCCC(=O)CCCO[C@H]1O[C@H](CO[C@H]2O[C@H](CO)[C@@H](O)[C@H](O)[C@@H]2O)[C@@H](O)[C@H](O[C@H]2O[C@H](CO)[C@@H](O)[C@H](O)[C@@H]2O)[C@@H]1O. The first-order valence-electron chi connectivity index (χ1n) is 18.9. The van der Waals surface area contributed by atoms with Crippen LogP contribution in [0, 0.1) is 0 Å². The molecule has 0 saturated carbocycles. The summed E-state index contributed by atoms with van der Waals surface area (Å²) in [5, 5.41) is 108. The molecule has 326 valence electrons. The van der Waals surface area contributed by atoms with E-state index in [0.717, 1.165) is 12.8 Å². The van der Waals surface area contributed by atoms with E-state index in [-0.39, 0.29) is 38.1 Å². The maximum atomic E-state index is 12.5. The average Bonchev–Trinajstić information content (AvgIpc) is 3.18. The van der Waals surface area contributed by atoms with Crippen LogP contribution in [0.5, 0.6) is 0 Å². The van der Waals surface area contributed by atoms with Gasteiger partial charge in [-0.15, -0.1) is 0 Å². The molecular formula is C34H61N3O19. The Balaban J connectivity index is 1.54. The largest absolute Gasteiger partial charge is 0.394 e. The smallest absolute Gasteiger partial charge is 0.243 e. The van der Waals surface area contributed by atoms with Gasteiger partial charge in [-0.1, -0.05) is 6.42 Å². The van der Waals surface area contributed by atoms with Gasteiger partial charge in [-0.25, -0.2) is 0 Å². The summed E-state index contributed by atoms with van der Waals surface area (Å²) < 4.78 is 33.3. The second-order valence-corrected chi connectivity index (χ2v) is 14.1. The number of carbonyl (C=O) groups excluding carboxylic acids is 3. The van der Waals surface area contributed by atoms with Crippen LogP contribution in [0.25, 0.3) is 0 Å². The summed E-state index contributed by atoms with van der Waals surface area (Å²) in [4.78, 5) is 37.1. The van der Waals surface area contributed by atoms with Crippen molar-refractivity contribution in [1.29, 1.82) is 0 Å². The zero-order valence-corrected chi connectivity index (χ0v) is 31.4. The van der Waals surface area contributed by atoms with E-state index in [9.17, 15) is 65.4 Å². The first kappa shape index (κ1) is 48.5. The number of hydrogen-bond donors (Lipinski definition) is 13. The highest BCUT2D eigenvalue weighted by Gasteiger charge is 2.52. The number of likely N-dealkylation sites (N-methyl/N-ethyl adjacent to an activating group) is 1. The minimum Gasteiger partial charge on any atom is -0.394 e. The maximum absolute atomic E-state index is 12.5. The number of aliphatic hydroxyl groups is 10. The third-order valence-electron chi connectivity index (χ3n) is 9.92. The third kappa shape index (κ3) is 13.6. The van der Waals surface area contributed by atoms with Crippen molar-refractivity contribution in [3.63, 3.8) is 0 Å². The number of Topliss-reactive ketones (excluding diaryl/α,β-unsaturated/α-hetero) is 1. The summed E-state index contributed by atoms with van der Waals surface area (Å²) in [5.41, 5.74) is 5.49. The van der Waals surface area contributed by atoms with Crippen molar-refractivity contribution in [2.45, 2.75) is 156 Å². The van der Waals surface area contributed by atoms with Crippen molar-refractivity contribution >= 4 is 17.6 Å². The van der Waals surface area contributed by atoms with Gasteiger partial charge >= 0.3 is 0 Å². The lowest BCUT2D eigenvalue weighted by atomic mass is 9.96. The number of imide groups is 1. The van der Waals surface area contributed by atoms with E-state index in [1.165, 1.54) is 0 Å². The molecule has 0 aromatic rings. The first-order chi connectivity index (χ1) is 26.7. The average molecular weight is 816 g/mol. The van der Waals surface area contributed by atoms with Crippen molar-refractivity contribution in [2.24, 2.45) is 5.73 Å². The van der Waals surface area contributed by atoms with Crippen LogP contribution in [-0.4, -0.2) is 207 Å². The topological polar surface area (TPSA) is 359 Å². The molecule has 0 aromatic heterocycles. The molecule has 3 saturated heterocycles. The van der Waals surface area contributed by atoms with Gasteiger partial charge in [0, 0.05) is 19.3 Å². The summed E-state index contributed by atoms with van der Waals surface area (Å²) in [7, 11) is 1.63. The molecule has 3 heterocycles. The zero-order chi connectivity index (χ0) is 41.5. The number of carbonyl (C=O) groups is 3. The van der Waals surface area contributed by atoms with Crippen LogP contribution in [-0.2, 0) is 42.8 Å². The van der Waals surface area contributed by atoms with E-state index in [1.807, 2.05) is 0 Å². The minimum absolute atomic E-state index is 0.0528. The normalized spacial score (nSPS) is 36.9. The van der Waals surface area contributed by atoms with E-state index in [2.05, 4.69) is 10.6 Å². The molecule has 3 aliphatic rings. The number of rotatable bonds is 23. The van der Waals surface area contributed by atoms with Crippen molar-refractivity contribution in [3.05, 3.63) is 0 Å². The van der Waals surface area contributed by atoms with E-state index >= 15 is 0 Å². The van der Waals surface area contributed by atoms with E-state index in [0.29, 0.717) is 25.8 Å². The quantitative estimate of drug-likeness (QED) is 0.0427. The van der Waals surface area contributed by atoms with Gasteiger partial charge in [-0.3, -0.25) is 19.7 Å². The van der Waals surface area contributed by atoms with E-state index in [1.54, 1.807) is 7.05 Å². The Morgan fingerprint density at radius 2 is 1.20 bits per heavy atom. The molecule has 22 nitrogen and oxygen atoms in total. The van der Waals surface area contributed by atoms with Gasteiger partial charge < -0.3 is 90.5 Å². The van der Waals surface area contributed by atoms with Crippen molar-refractivity contribution < 1.29 is 93.9 Å². The van der Waals surface area contributed by atoms with Gasteiger partial charge in [0.15, 0.2) is 18.9 Å². The molecule has 0 spiro atoms.